The lowest BCUT2D eigenvalue weighted by atomic mass is 10.1. The van der Waals surface area contributed by atoms with Crippen LogP contribution < -0.4 is 5.32 Å². The normalized spacial score (nSPS) is 9.53. The summed E-state index contributed by atoms with van der Waals surface area (Å²) in [7, 11) is 0.991. The van der Waals surface area contributed by atoms with Gasteiger partial charge in [0.1, 0.15) is 5.56 Å². The zero-order chi connectivity index (χ0) is 13.0. The first-order valence-electron chi connectivity index (χ1n) is 4.28. The lowest BCUT2D eigenvalue weighted by Gasteiger charge is -2.07. The highest BCUT2D eigenvalue weighted by Crippen LogP contribution is 2.27. The summed E-state index contributed by atoms with van der Waals surface area (Å²) < 4.78 is 17.9. The molecule has 0 atom stereocenters. The van der Waals surface area contributed by atoms with Gasteiger partial charge in [0.05, 0.1) is 17.7 Å². The molecule has 0 radical (unpaired) electrons. The molecule has 0 aliphatic carbocycles. The van der Waals surface area contributed by atoms with E-state index in [1.54, 1.807) is 0 Å². The molecule has 0 saturated heterocycles. The molecular weight excluding hydrogens is 235 g/mol. The van der Waals surface area contributed by atoms with Gasteiger partial charge in [0.2, 0.25) is 12.2 Å². The standard InChI is InChI=1S/C9H7FN2O5/c1-17-9(14)7-5(11-4-13)2-3-6(8(7)10)12(15)16/h2-4H,1H3,(H,11,13). The van der Waals surface area contributed by atoms with Crippen LogP contribution in [-0.4, -0.2) is 24.4 Å². The van der Waals surface area contributed by atoms with Crippen molar-refractivity contribution in [3.8, 4) is 0 Å². The van der Waals surface area contributed by atoms with Crippen LogP contribution in [0.3, 0.4) is 0 Å². The molecule has 0 aromatic heterocycles. The summed E-state index contributed by atoms with van der Waals surface area (Å²) in [6.45, 7) is 0. The van der Waals surface area contributed by atoms with Crippen LogP contribution >= 0.6 is 0 Å². The van der Waals surface area contributed by atoms with Gasteiger partial charge in [0.25, 0.3) is 0 Å². The predicted molar refractivity (Wildman–Crippen MR) is 54.1 cm³/mol. The van der Waals surface area contributed by atoms with E-state index in [1.807, 2.05) is 0 Å². The molecule has 0 saturated carbocycles. The summed E-state index contributed by atoms with van der Waals surface area (Å²) in [6, 6.07) is 1.88. The Morgan fingerprint density at radius 1 is 1.59 bits per heavy atom. The van der Waals surface area contributed by atoms with Gasteiger partial charge < -0.3 is 10.1 Å². The van der Waals surface area contributed by atoms with Crippen LogP contribution in [0.4, 0.5) is 15.8 Å². The van der Waals surface area contributed by atoms with Gasteiger partial charge in [-0.2, -0.15) is 4.39 Å². The SMILES string of the molecule is COC(=O)c1c(NC=O)ccc([N+](=O)[O-])c1F. The third-order valence-corrected chi connectivity index (χ3v) is 1.92. The molecule has 1 aromatic carbocycles. The first kappa shape index (κ1) is 12.6. The number of nitrogens with one attached hydrogen (secondary N) is 1. The number of halogens is 1. The van der Waals surface area contributed by atoms with Crippen LogP contribution in [-0.2, 0) is 9.53 Å². The van der Waals surface area contributed by atoms with Crippen molar-refractivity contribution in [2.75, 3.05) is 12.4 Å². The Morgan fingerprint density at radius 2 is 2.24 bits per heavy atom. The summed E-state index contributed by atoms with van der Waals surface area (Å²) >= 11 is 0. The minimum absolute atomic E-state index is 0.199. The number of benzene rings is 1. The Labute approximate surface area is 94.3 Å². The number of hydrogen-bond acceptors (Lipinski definition) is 5. The van der Waals surface area contributed by atoms with Gasteiger partial charge in [0, 0.05) is 6.07 Å². The number of nitro groups is 1. The molecule has 0 fully saturated rings. The second-order valence-corrected chi connectivity index (χ2v) is 2.83. The van der Waals surface area contributed by atoms with E-state index in [2.05, 4.69) is 10.1 Å². The number of hydrogen-bond donors (Lipinski definition) is 1. The molecule has 0 aliphatic heterocycles. The van der Waals surface area contributed by atoms with Crippen molar-refractivity contribution in [1.29, 1.82) is 0 Å². The highest BCUT2D eigenvalue weighted by molar-refractivity contribution is 5.98. The Balaban J connectivity index is 3.46. The average Bonchev–Trinajstić information content (AvgIpc) is 2.28. The number of anilines is 1. The molecule has 8 heteroatoms. The predicted octanol–water partition coefficient (Wildman–Crippen LogP) is 1.09. The fourth-order valence-electron chi connectivity index (χ4n) is 1.19. The number of amides is 1. The molecular formula is C9H7FN2O5. The van der Waals surface area contributed by atoms with Crippen LogP contribution in [0.1, 0.15) is 10.4 Å². The number of nitrogens with zero attached hydrogens (tertiary/aromatic N) is 1. The second kappa shape index (κ2) is 5.01. The summed E-state index contributed by atoms with van der Waals surface area (Å²) in [6.07, 6.45) is 0.215. The van der Waals surface area contributed by atoms with Crippen molar-refractivity contribution in [3.63, 3.8) is 0 Å². The largest absolute Gasteiger partial charge is 0.465 e. The van der Waals surface area contributed by atoms with Gasteiger partial charge in [-0.15, -0.1) is 0 Å². The van der Waals surface area contributed by atoms with E-state index in [1.165, 1.54) is 0 Å². The molecule has 90 valence electrons. The van der Waals surface area contributed by atoms with Gasteiger partial charge in [0.15, 0.2) is 0 Å². The van der Waals surface area contributed by atoms with Gasteiger partial charge in [-0.1, -0.05) is 0 Å². The molecule has 7 nitrogen and oxygen atoms in total. The van der Waals surface area contributed by atoms with Crippen LogP contribution in [0.2, 0.25) is 0 Å². The molecule has 0 bridgehead atoms. The van der Waals surface area contributed by atoms with Crippen LogP contribution in [0.25, 0.3) is 0 Å². The lowest BCUT2D eigenvalue weighted by Crippen LogP contribution is -2.11. The highest BCUT2D eigenvalue weighted by Gasteiger charge is 2.26. The van der Waals surface area contributed by atoms with Crippen molar-refractivity contribution in [3.05, 3.63) is 33.6 Å². The third kappa shape index (κ3) is 2.36. The number of carbonyl (C=O) groups is 2. The molecule has 0 spiro atoms. The highest BCUT2D eigenvalue weighted by atomic mass is 19.1. The maximum Gasteiger partial charge on any atom is 0.343 e. The molecule has 0 aliphatic rings. The van der Waals surface area contributed by atoms with Gasteiger partial charge in [-0.3, -0.25) is 14.9 Å². The number of nitro benzene ring substituents is 1. The van der Waals surface area contributed by atoms with Gasteiger partial charge in [-0.25, -0.2) is 4.79 Å². The maximum atomic E-state index is 13.6. The number of esters is 1. The van der Waals surface area contributed by atoms with Crippen molar-refractivity contribution in [2.45, 2.75) is 0 Å². The summed E-state index contributed by atoms with van der Waals surface area (Å²) in [4.78, 5) is 31.0. The third-order valence-electron chi connectivity index (χ3n) is 1.92. The Hall–Kier alpha value is -2.51. The summed E-state index contributed by atoms with van der Waals surface area (Å²) in [5.41, 5.74) is -1.76. The Kier molecular flexibility index (Phi) is 3.70. The maximum absolute atomic E-state index is 13.6. The van der Waals surface area contributed by atoms with Crippen LogP contribution in [0.5, 0.6) is 0 Å². The molecule has 17 heavy (non-hydrogen) atoms. The summed E-state index contributed by atoms with van der Waals surface area (Å²) in [5, 5.41) is 12.5. The molecule has 1 amide bonds. The zero-order valence-corrected chi connectivity index (χ0v) is 8.60. The van der Waals surface area contributed by atoms with E-state index in [0.29, 0.717) is 0 Å². The van der Waals surface area contributed by atoms with E-state index in [4.69, 9.17) is 0 Å². The lowest BCUT2D eigenvalue weighted by molar-refractivity contribution is -0.387. The van der Waals surface area contributed by atoms with E-state index >= 15 is 0 Å². The van der Waals surface area contributed by atoms with E-state index in [0.717, 1.165) is 19.2 Å². The van der Waals surface area contributed by atoms with Crippen molar-refractivity contribution in [1.82, 2.24) is 0 Å². The smallest absolute Gasteiger partial charge is 0.343 e. The monoisotopic (exact) mass is 242 g/mol. The topological polar surface area (TPSA) is 98.5 Å². The zero-order valence-electron chi connectivity index (χ0n) is 8.60. The van der Waals surface area contributed by atoms with Crippen molar-refractivity contribution >= 4 is 23.8 Å². The minimum atomic E-state index is -1.35. The second-order valence-electron chi connectivity index (χ2n) is 2.83. The number of carbonyl (C=O) groups excluding carboxylic acids is 2. The van der Waals surface area contributed by atoms with Crippen molar-refractivity contribution < 1.29 is 23.6 Å². The first-order valence-corrected chi connectivity index (χ1v) is 4.28. The minimum Gasteiger partial charge on any atom is -0.465 e. The van der Waals surface area contributed by atoms with Crippen LogP contribution in [0.15, 0.2) is 12.1 Å². The van der Waals surface area contributed by atoms with Gasteiger partial charge >= 0.3 is 11.7 Å². The Bertz CT molecular complexity index is 489. The summed E-state index contributed by atoms with van der Waals surface area (Å²) in [5.74, 6) is -2.47. The molecule has 1 N–H and O–H groups in total. The molecule has 0 heterocycles. The average molecular weight is 242 g/mol. The fraction of sp³-hybridized carbons (Fsp3) is 0.111. The van der Waals surface area contributed by atoms with Crippen LogP contribution in [0, 0.1) is 15.9 Å². The number of methoxy groups -OCH3 is 1. The molecule has 1 aromatic rings. The van der Waals surface area contributed by atoms with E-state index in [9.17, 15) is 24.1 Å². The van der Waals surface area contributed by atoms with Gasteiger partial charge in [-0.05, 0) is 6.07 Å². The Morgan fingerprint density at radius 3 is 2.71 bits per heavy atom. The first-order chi connectivity index (χ1) is 8.02. The number of rotatable bonds is 4. The van der Waals surface area contributed by atoms with Crippen molar-refractivity contribution in [2.24, 2.45) is 0 Å². The molecule has 0 unspecified atom stereocenters. The molecule has 1 rings (SSSR count). The number of ether oxygens (including phenoxy) is 1. The fourth-order valence-corrected chi connectivity index (χ4v) is 1.19. The van der Waals surface area contributed by atoms with E-state index in [-0.39, 0.29) is 12.1 Å². The quantitative estimate of drug-likeness (QED) is 0.368. The van der Waals surface area contributed by atoms with E-state index < -0.39 is 28.0 Å².